The largest absolute Gasteiger partial charge is 0.493 e. The van der Waals surface area contributed by atoms with Gasteiger partial charge in [-0.2, -0.15) is 0 Å². The van der Waals surface area contributed by atoms with Gasteiger partial charge in [-0.1, -0.05) is 29.8 Å². The Labute approximate surface area is 223 Å². The van der Waals surface area contributed by atoms with E-state index in [0.717, 1.165) is 16.7 Å². The van der Waals surface area contributed by atoms with E-state index < -0.39 is 17.2 Å². The van der Waals surface area contributed by atoms with Crippen LogP contribution in [0.25, 0.3) is 11.3 Å². The number of ether oxygens (including phenoxy) is 3. The van der Waals surface area contributed by atoms with Gasteiger partial charge in [0.25, 0.3) is 0 Å². The van der Waals surface area contributed by atoms with Crippen LogP contribution in [0.2, 0.25) is 0 Å². The highest BCUT2D eigenvalue weighted by molar-refractivity contribution is 5.96. The zero-order valence-corrected chi connectivity index (χ0v) is 22.6. The second-order valence-corrected chi connectivity index (χ2v) is 10.5. The lowest BCUT2D eigenvalue weighted by molar-refractivity contribution is 0.0372. The van der Waals surface area contributed by atoms with E-state index in [0.29, 0.717) is 34.2 Å². The fourth-order valence-electron chi connectivity index (χ4n) is 4.43. The molecule has 3 aromatic rings. The molecule has 8 heteroatoms. The van der Waals surface area contributed by atoms with Crippen LogP contribution in [0.15, 0.2) is 48.5 Å². The van der Waals surface area contributed by atoms with Gasteiger partial charge in [0.15, 0.2) is 17.3 Å². The highest BCUT2D eigenvalue weighted by Gasteiger charge is 2.40. The maximum absolute atomic E-state index is 13.1. The molecule has 1 aromatic heterocycles. The van der Waals surface area contributed by atoms with Crippen molar-refractivity contribution in [1.82, 2.24) is 4.98 Å². The van der Waals surface area contributed by atoms with Gasteiger partial charge >= 0.3 is 0 Å². The third-order valence-corrected chi connectivity index (χ3v) is 6.77. The summed E-state index contributed by atoms with van der Waals surface area (Å²) in [6, 6.07) is 14.8. The second kappa shape index (κ2) is 10.7. The normalized spacial score (nSPS) is 18.7. The van der Waals surface area contributed by atoms with Gasteiger partial charge in [-0.25, -0.2) is 4.98 Å². The number of methoxy groups -OCH3 is 1. The number of aryl methyl sites for hydroxylation is 1. The Bertz CT molecular complexity index is 1320. The zero-order valence-electron chi connectivity index (χ0n) is 22.6. The molecule has 0 saturated heterocycles. The van der Waals surface area contributed by atoms with Crippen LogP contribution < -0.4 is 19.9 Å². The summed E-state index contributed by atoms with van der Waals surface area (Å²) in [4.78, 5) is 17.9. The third kappa shape index (κ3) is 5.83. The minimum absolute atomic E-state index is 0.0646. The van der Waals surface area contributed by atoms with Gasteiger partial charge in [-0.15, -0.1) is 0 Å². The minimum Gasteiger partial charge on any atom is -0.493 e. The molecule has 8 nitrogen and oxygen atoms in total. The van der Waals surface area contributed by atoms with E-state index in [9.17, 15) is 15.0 Å². The summed E-state index contributed by atoms with van der Waals surface area (Å²) in [6.07, 6.45) is -0.450. The van der Waals surface area contributed by atoms with Gasteiger partial charge in [0.2, 0.25) is 0 Å². The van der Waals surface area contributed by atoms with Crippen molar-refractivity contribution in [3.8, 4) is 28.5 Å². The Balaban J connectivity index is 1.59. The van der Waals surface area contributed by atoms with Crippen molar-refractivity contribution in [3.63, 3.8) is 0 Å². The van der Waals surface area contributed by atoms with Crippen molar-refractivity contribution in [2.45, 2.75) is 57.8 Å². The van der Waals surface area contributed by atoms with Crippen LogP contribution >= 0.6 is 0 Å². The van der Waals surface area contributed by atoms with Gasteiger partial charge in [0.05, 0.1) is 24.4 Å². The number of benzene rings is 2. The minimum atomic E-state index is -1.45. The van der Waals surface area contributed by atoms with Crippen LogP contribution in [-0.4, -0.2) is 47.4 Å². The molecule has 0 amide bonds. The average Bonchev–Trinajstić information content (AvgIpc) is 3.20. The third-order valence-electron chi connectivity index (χ3n) is 6.77. The highest BCUT2D eigenvalue weighted by atomic mass is 16.5. The van der Waals surface area contributed by atoms with Crippen LogP contribution in [0.3, 0.4) is 0 Å². The quantitative estimate of drug-likeness (QED) is 0.339. The number of carbonyl (C=O) groups excluding carboxylic acids is 1. The standard InChI is InChI=1S/C30H36N2O6/c1-18-6-8-20(9-7-18)23-15-22-27(38-17-29(22,3)31)28(32-23)30(4,35)13-12-24(34)21-10-11-25(26(14-21)36-5)37-16-19(2)33/h6-11,14-15,19,33,35H,12-13,16-17,31H2,1-5H3. The number of carbonyl (C=O) groups is 1. The Kier molecular flexibility index (Phi) is 7.78. The molecule has 0 fully saturated rings. The number of aliphatic hydroxyl groups is 2. The summed E-state index contributed by atoms with van der Waals surface area (Å²) in [5.74, 6) is 1.14. The number of hydrogen-bond donors (Lipinski definition) is 3. The number of pyridine rings is 1. The van der Waals surface area contributed by atoms with Crippen LogP contribution in [0.5, 0.6) is 17.2 Å². The van der Waals surface area contributed by atoms with Crippen molar-refractivity contribution in [1.29, 1.82) is 0 Å². The van der Waals surface area contributed by atoms with Gasteiger partial charge in [-0.05, 0) is 58.4 Å². The lowest BCUT2D eigenvalue weighted by Gasteiger charge is -2.26. The number of ketones is 1. The maximum atomic E-state index is 13.1. The molecule has 3 unspecified atom stereocenters. The molecule has 202 valence electrons. The molecule has 1 aliphatic rings. The predicted octanol–water partition coefficient (Wildman–Crippen LogP) is 4.26. The van der Waals surface area contributed by atoms with Gasteiger partial charge in [-0.3, -0.25) is 4.79 Å². The molecule has 2 aromatic carbocycles. The predicted molar refractivity (Wildman–Crippen MR) is 145 cm³/mol. The van der Waals surface area contributed by atoms with Crippen LogP contribution in [-0.2, 0) is 11.1 Å². The van der Waals surface area contributed by atoms with Crippen molar-refractivity contribution in [2.75, 3.05) is 20.3 Å². The number of aromatic nitrogens is 1. The Hall–Kier alpha value is -3.46. The van der Waals surface area contributed by atoms with Crippen molar-refractivity contribution in [2.24, 2.45) is 5.73 Å². The van der Waals surface area contributed by atoms with Gasteiger partial charge < -0.3 is 30.2 Å². The van der Waals surface area contributed by atoms with E-state index in [1.165, 1.54) is 7.11 Å². The molecule has 0 bridgehead atoms. The molecule has 4 rings (SSSR count). The van der Waals surface area contributed by atoms with Crippen molar-refractivity contribution >= 4 is 5.78 Å². The fraction of sp³-hybridized carbons (Fsp3) is 0.400. The van der Waals surface area contributed by atoms with Crippen LogP contribution in [0.4, 0.5) is 0 Å². The fourth-order valence-corrected chi connectivity index (χ4v) is 4.43. The van der Waals surface area contributed by atoms with E-state index in [2.05, 4.69) is 0 Å². The summed E-state index contributed by atoms with van der Waals surface area (Å²) in [7, 11) is 1.49. The number of aliphatic hydroxyl groups excluding tert-OH is 1. The van der Waals surface area contributed by atoms with E-state index >= 15 is 0 Å². The summed E-state index contributed by atoms with van der Waals surface area (Å²) >= 11 is 0. The molecule has 38 heavy (non-hydrogen) atoms. The number of nitrogens with two attached hydrogens (primary N) is 1. The highest BCUT2D eigenvalue weighted by Crippen LogP contribution is 2.44. The molecule has 1 aliphatic heterocycles. The molecule has 0 saturated carbocycles. The van der Waals surface area contributed by atoms with E-state index in [1.54, 1.807) is 32.0 Å². The van der Waals surface area contributed by atoms with E-state index in [4.69, 9.17) is 24.9 Å². The molecule has 0 spiro atoms. The SMILES string of the molecule is COc1cc(C(=O)CCC(C)(O)c2nc(-c3ccc(C)cc3)cc3c2OCC3(C)N)ccc1OCC(C)O. The Morgan fingerprint density at radius 1 is 1.21 bits per heavy atom. The van der Waals surface area contributed by atoms with E-state index in [1.807, 2.05) is 44.2 Å². The second-order valence-electron chi connectivity index (χ2n) is 10.5. The molecular formula is C30H36N2O6. The first-order valence-electron chi connectivity index (χ1n) is 12.7. The molecular weight excluding hydrogens is 484 g/mol. The summed E-state index contributed by atoms with van der Waals surface area (Å²) < 4.78 is 16.9. The Morgan fingerprint density at radius 3 is 2.58 bits per heavy atom. The maximum Gasteiger partial charge on any atom is 0.163 e. The molecule has 0 radical (unpaired) electrons. The van der Waals surface area contributed by atoms with Crippen LogP contribution in [0.1, 0.15) is 60.8 Å². The first-order chi connectivity index (χ1) is 17.9. The van der Waals surface area contributed by atoms with Crippen LogP contribution in [0, 0.1) is 6.92 Å². The summed E-state index contributed by atoms with van der Waals surface area (Å²) in [6.45, 7) is 7.55. The zero-order chi connectivity index (χ0) is 27.7. The van der Waals surface area contributed by atoms with Crippen molar-refractivity contribution in [3.05, 3.63) is 70.9 Å². The number of fused-ring (bicyclic) bond motifs is 1. The molecule has 0 aliphatic carbocycles. The monoisotopic (exact) mass is 520 g/mol. The lowest BCUT2D eigenvalue weighted by Crippen LogP contribution is -2.34. The topological polar surface area (TPSA) is 124 Å². The smallest absolute Gasteiger partial charge is 0.163 e. The lowest BCUT2D eigenvalue weighted by atomic mass is 9.87. The first-order valence-corrected chi connectivity index (χ1v) is 12.7. The Morgan fingerprint density at radius 2 is 1.92 bits per heavy atom. The number of Topliss-reactive ketones (excluding diaryl/α,β-unsaturated/α-hetero) is 1. The molecule has 3 atom stereocenters. The summed E-state index contributed by atoms with van der Waals surface area (Å²) in [5.41, 5.74) is 8.64. The van der Waals surface area contributed by atoms with Gasteiger partial charge in [0, 0.05) is 23.1 Å². The number of hydrogen-bond acceptors (Lipinski definition) is 8. The van der Waals surface area contributed by atoms with Gasteiger partial charge in [0.1, 0.15) is 30.3 Å². The van der Waals surface area contributed by atoms with Crippen molar-refractivity contribution < 1.29 is 29.2 Å². The molecule has 2 heterocycles. The molecule has 4 N–H and O–H groups in total. The first kappa shape index (κ1) is 27.6. The number of nitrogens with zero attached hydrogens (tertiary/aromatic N) is 1. The van der Waals surface area contributed by atoms with E-state index in [-0.39, 0.29) is 31.8 Å². The number of rotatable bonds is 10. The average molecular weight is 521 g/mol. The summed E-state index contributed by atoms with van der Waals surface area (Å²) in [5, 5.41) is 21.1.